The zero-order chi connectivity index (χ0) is 13.7. The molecule has 0 saturated heterocycles. The number of primary amides is 1. The van der Waals surface area contributed by atoms with Gasteiger partial charge >= 0.3 is 5.97 Å². The molecule has 0 aliphatic rings. The zero-order valence-electron chi connectivity index (χ0n) is 10.2. The lowest BCUT2D eigenvalue weighted by molar-refractivity contribution is -0.145. The van der Waals surface area contributed by atoms with Gasteiger partial charge in [-0.05, 0) is 37.1 Å². The van der Waals surface area contributed by atoms with Gasteiger partial charge in [0, 0.05) is 9.37 Å². The van der Waals surface area contributed by atoms with Gasteiger partial charge in [0.2, 0.25) is 0 Å². The summed E-state index contributed by atoms with van der Waals surface area (Å²) in [6.45, 7) is 3.60. The number of carbonyl (C=O) groups excluding carboxylic acids is 2. The van der Waals surface area contributed by atoms with Gasteiger partial charge in [0.1, 0.15) is 0 Å². The second kappa shape index (κ2) is 6.80. The van der Waals surface area contributed by atoms with E-state index in [9.17, 15) is 9.59 Å². The van der Waals surface area contributed by atoms with Gasteiger partial charge in [-0.2, -0.15) is 0 Å². The number of halogens is 1. The molecule has 0 bridgehead atoms. The van der Waals surface area contributed by atoms with E-state index in [1.165, 1.54) is 11.8 Å². The average molecular weight is 332 g/mol. The number of thioether (sulfide) groups is 1. The molecule has 0 aromatic heterocycles. The van der Waals surface area contributed by atoms with Crippen LogP contribution in [0.25, 0.3) is 0 Å². The quantitative estimate of drug-likeness (QED) is 0.663. The molecular formula is C12H14BrNO3S. The van der Waals surface area contributed by atoms with E-state index in [4.69, 9.17) is 5.73 Å². The van der Waals surface area contributed by atoms with Crippen molar-refractivity contribution in [3.63, 3.8) is 0 Å². The number of hydrogen-bond donors (Lipinski definition) is 1. The summed E-state index contributed by atoms with van der Waals surface area (Å²) in [5.74, 6) is -0.933. The summed E-state index contributed by atoms with van der Waals surface area (Å²) < 4.78 is 5.72. The molecule has 4 nitrogen and oxygen atoms in total. The Morgan fingerprint density at radius 3 is 2.61 bits per heavy atom. The first-order chi connectivity index (χ1) is 8.40. The maximum absolute atomic E-state index is 11.3. The normalized spacial score (nSPS) is 10.2. The Balaban J connectivity index is 2.56. The van der Waals surface area contributed by atoms with Crippen LogP contribution in [-0.4, -0.2) is 24.2 Å². The highest BCUT2D eigenvalue weighted by atomic mass is 79.9. The van der Waals surface area contributed by atoms with Gasteiger partial charge in [-0.15, -0.1) is 11.8 Å². The molecule has 1 amide bonds. The van der Waals surface area contributed by atoms with Gasteiger partial charge in [0.25, 0.3) is 5.91 Å². The summed E-state index contributed by atoms with van der Waals surface area (Å²) in [5, 5.41) is 0. The molecule has 0 aliphatic carbocycles. The molecule has 0 unspecified atom stereocenters. The van der Waals surface area contributed by atoms with E-state index < -0.39 is 11.9 Å². The smallest absolute Gasteiger partial charge is 0.316 e. The summed E-state index contributed by atoms with van der Waals surface area (Å²) in [7, 11) is 0. The van der Waals surface area contributed by atoms with Crippen molar-refractivity contribution in [2.45, 2.75) is 18.7 Å². The number of hydrogen-bond acceptors (Lipinski definition) is 4. The van der Waals surface area contributed by atoms with Crippen LogP contribution < -0.4 is 5.73 Å². The summed E-state index contributed by atoms with van der Waals surface area (Å²) in [6.07, 6.45) is 0. The Morgan fingerprint density at radius 2 is 2.00 bits per heavy atom. The lowest BCUT2D eigenvalue weighted by Gasteiger charge is -2.08. The minimum atomic E-state index is -0.649. The predicted octanol–water partition coefficient (Wildman–Crippen LogP) is 2.19. The second-order valence-electron chi connectivity index (χ2n) is 3.78. The summed E-state index contributed by atoms with van der Waals surface area (Å²) >= 11 is 4.83. The highest BCUT2D eigenvalue weighted by Gasteiger charge is 2.08. The van der Waals surface area contributed by atoms with Crippen LogP contribution in [0, 0.1) is 13.8 Å². The van der Waals surface area contributed by atoms with E-state index >= 15 is 0 Å². The fourth-order valence-corrected chi connectivity index (χ4v) is 2.60. The number of esters is 1. The Bertz CT molecular complexity index is 477. The van der Waals surface area contributed by atoms with E-state index in [0.717, 1.165) is 20.5 Å². The van der Waals surface area contributed by atoms with Crippen molar-refractivity contribution >= 4 is 39.6 Å². The summed E-state index contributed by atoms with van der Waals surface area (Å²) in [5.41, 5.74) is 7.07. The highest BCUT2D eigenvalue weighted by molar-refractivity contribution is 9.10. The summed E-state index contributed by atoms with van der Waals surface area (Å²) in [4.78, 5) is 22.8. The predicted molar refractivity (Wildman–Crippen MR) is 74.5 cm³/mol. The molecule has 2 N–H and O–H groups in total. The molecule has 6 heteroatoms. The van der Waals surface area contributed by atoms with Crippen LogP contribution in [0.2, 0.25) is 0 Å². The van der Waals surface area contributed by atoms with E-state index in [1.54, 1.807) is 0 Å². The first-order valence-corrected chi connectivity index (χ1v) is 7.01. The van der Waals surface area contributed by atoms with Gasteiger partial charge in [-0.1, -0.05) is 15.9 Å². The monoisotopic (exact) mass is 331 g/mol. The molecular weight excluding hydrogens is 318 g/mol. The summed E-state index contributed by atoms with van der Waals surface area (Å²) in [6, 6.07) is 4.01. The minimum absolute atomic E-state index is 0.162. The van der Waals surface area contributed by atoms with Crippen molar-refractivity contribution in [2.24, 2.45) is 5.73 Å². The lowest BCUT2D eigenvalue weighted by Crippen LogP contribution is -2.21. The minimum Gasteiger partial charge on any atom is -0.455 e. The van der Waals surface area contributed by atoms with Crippen LogP contribution in [0.3, 0.4) is 0 Å². The molecule has 1 aromatic carbocycles. The maximum atomic E-state index is 11.3. The van der Waals surface area contributed by atoms with Crippen molar-refractivity contribution in [2.75, 3.05) is 12.4 Å². The Labute approximate surface area is 118 Å². The SMILES string of the molecule is Cc1cc(SCC(=O)OCC(N)=O)c(C)cc1Br. The van der Waals surface area contributed by atoms with Crippen LogP contribution in [0.1, 0.15) is 11.1 Å². The fraction of sp³-hybridized carbons (Fsp3) is 0.333. The standard InChI is InChI=1S/C12H14BrNO3S/c1-7-4-10(8(2)3-9(7)13)18-6-12(16)17-5-11(14)15/h3-4H,5-6H2,1-2H3,(H2,14,15). The zero-order valence-corrected chi connectivity index (χ0v) is 12.6. The second-order valence-corrected chi connectivity index (χ2v) is 5.65. The van der Waals surface area contributed by atoms with E-state index in [2.05, 4.69) is 20.7 Å². The number of amides is 1. The van der Waals surface area contributed by atoms with E-state index in [1.807, 2.05) is 26.0 Å². The first kappa shape index (κ1) is 15.0. The van der Waals surface area contributed by atoms with Crippen molar-refractivity contribution in [3.05, 3.63) is 27.7 Å². The fourth-order valence-electron chi connectivity index (χ4n) is 1.24. The molecule has 0 heterocycles. The molecule has 0 spiro atoms. The van der Waals surface area contributed by atoms with Crippen molar-refractivity contribution < 1.29 is 14.3 Å². The van der Waals surface area contributed by atoms with Crippen molar-refractivity contribution in [1.82, 2.24) is 0 Å². The van der Waals surface area contributed by atoms with Gasteiger partial charge in [-0.3, -0.25) is 9.59 Å². The van der Waals surface area contributed by atoms with Crippen LogP contribution in [0.5, 0.6) is 0 Å². The molecule has 98 valence electrons. The third kappa shape index (κ3) is 4.70. The van der Waals surface area contributed by atoms with Gasteiger partial charge < -0.3 is 10.5 Å². The first-order valence-electron chi connectivity index (χ1n) is 5.23. The van der Waals surface area contributed by atoms with Crippen molar-refractivity contribution in [1.29, 1.82) is 0 Å². The Kier molecular flexibility index (Phi) is 5.68. The highest BCUT2D eigenvalue weighted by Crippen LogP contribution is 2.28. The molecule has 0 atom stereocenters. The lowest BCUT2D eigenvalue weighted by atomic mass is 10.2. The van der Waals surface area contributed by atoms with E-state index in [-0.39, 0.29) is 12.4 Å². The number of nitrogens with two attached hydrogens (primary N) is 1. The molecule has 0 aliphatic heterocycles. The average Bonchev–Trinajstić information content (AvgIpc) is 2.29. The Morgan fingerprint density at radius 1 is 1.33 bits per heavy atom. The van der Waals surface area contributed by atoms with Crippen molar-refractivity contribution in [3.8, 4) is 0 Å². The Hall–Kier alpha value is -1.01. The molecule has 1 rings (SSSR count). The number of ether oxygens (including phenoxy) is 1. The van der Waals surface area contributed by atoms with Crippen LogP contribution in [0.15, 0.2) is 21.5 Å². The number of aryl methyl sites for hydroxylation is 2. The number of rotatable bonds is 5. The maximum Gasteiger partial charge on any atom is 0.316 e. The molecule has 0 saturated carbocycles. The topological polar surface area (TPSA) is 69.4 Å². The molecule has 0 fully saturated rings. The van der Waals surface area contributed by atoms with Crippen LogP contribution in [0.4, 0.5) is 0 Å². The number of carbonyl (C=O) groups is 2. The van der Waals surface area contributed by atoms with Crippen LogP contribution in [-0.2, 0) is 14.3 Å². The van der Waals surface area contributed by atoms with Crippen LogP contribution >= 0.6 is 27.7 Å². The largest absolute Gasteiger partial charge is 0.455 e. The van der Waals surface area contributed by atoms with Gasteiger partial charge in [-0.25, -0.2) is 0 Å². The molecule has 0 radical (unpaired) electrons. The molecule has 18 heavy (non-hydrogen) atoms. The number of benzene rings is 1. The third-order valence-corrected chi connectivity index (χ3v) is 4.16. The van der Waals surface area contributed by atoms with E-state index in [0.29, 0.717) is 0 Å². The molecule has 1 aromatic rings. The van der Waals surface area contributed by atoms with Gasteiger partial charge in [0.05, 0.1) is 5.75 Å². The van der Waals surface area contributed by atoms with Gasteiger partial charge in [0.15, 0.2) is 6.61 Å². The third-order valence-electron chi connectivity index (χ3n) is 2.18.